The number of carbonyl (C=O) groups excluding carboxylic acids is 1. The van der Waals surface area contributed by atoms with Crippen LogP contribution < -0.4 is 0 Å². The Labute approximate surface area is 150 Å². The number of aliphatic carboxylic acids is 1. The van der Waals surface area contributed by atoms with Gasteiger partial charge in [0, 0.05) is 6.42 Å². The van der Waals surface area contributed by atoms with Crippen LogP contribution in [0.15, 0.2) is 0 Å². The number of hydrogen-bond acceptors (Lipinski definition) is 6. The molecule has 3 unspecified atom stereocenters. The van der Waals surface area contributed by atoms with Gasteiger partial charge in [-0.1, -0.05) is 12.8 Å². The van der Waals surface area contributed by atoms with Crippen LogP contribution >= 0.6 is 0 Å². The molecule has 0 aromatic rings. The summed E-state index contributed by atoms with van der Waals surface area (Å²) < 4.78 is 14.7. The van der Waals surface area contributed by atoms with E-state index in [0.717, 1.165) is 12.8 Å². The van der Waals surface area contributed by atoms with Crippen LogP contribution in [0.4, 0.5) is 9.59 Å². The van der Waals surface area contributed by atoms with Crippen LogP contribution in [-0.2, 0) is 19.0 Å². The predicted molar refractivity (Wildman–Crippen MR) is 87.8 cm³/mol. The van der Waals surface area contributed by atoms with Gasteiger partial charge in [0.25, 0.3) is 0 Å². The third-order valence-corrected chi connectivity index (χ3v) is 3.41. The monoisotopic (exact) mass is 362 g/mol. The van der Waals surface area contributed by atoms with E-state index in [2.05, 4.69) is 34.3 Å². The van der Waals surface area contributed by atoms with Crippen molar-refractivity contribution in [1.29, 1.82) is 0 Å². The number of hydrogen-bond donors (Lipinski definition) is 2. The molecule has 0 aromatic carbocycles. The van der Waals surface area contributed by atoms with Gasteiger partial charge >= 0.3 is 18.3 Å². The predicted octanol–water partition coefficient (Wildman–Crippen LogP) is 2.02. The fraction of sp³-hybridized carbons (Fsp3) is 0.500. The summed E-state index contributed by atoms with van der Waals surface area (Å²) in [6.45, 7) is 0. The van der Waals surface area contributed by atoms with E-state index in [4.69, 9.17) is 26.1 Å². The van der Waals surface area contributed by atoms with E-state index < -0.39 is 36.6 Å². The van der Waals surface area contributed by atoms with Gasteiger partial charge < -0.3 is 24.4 Å². The first-order valence-corrected chi connectivity index (χ1v) is 7.88. The first-order chi connectivity index (χ1) is 12.4. The summed E-state index contributed by atoms with van der Waals surface area (Å²) in [5, 5.41) is 17.4. The number of ether oxygens (including phenoxy) is 3. The summed E-state index contributed by atoms with van der Waals surface area (Å²) in [6, 6.07) is 0. The van der Waals surface area contributed by atoms with Gasteiger partial charge in [-0.3, -0.25) is 4.79 Å². The average Bonchev–Trinajstić information content (AvgIpc) is 2.93. The summed E-state index contributed by atoms with van der Waals surface area (Å²) in [5.41, 5.74) is 0. The molecule has 0 aliphatic carbocycles. The molecular formula is C18H18O8. The average molecular weight is 362 g/mol. The molecule has 0 spiro atoms. The fourth-order valence-electron chi connectivity index (χ4n) is 2.32. The summed E-state index contributed by atoms with van der Waals surface area (Å²) in [6.07, 6.45) is 2.61. The fourth-order valence-corrected chi connectivity index (χ4v) is 2.32. The zero-order chi connectivity index (χ0) is 19.4. The Morgan fingerprint density at radius 1 is 1.12 bits per heavy atom. The van der Waals surface area contributed by atoms with Crippen molar-refractivity contribution in [3.63, 3.8) is 0 Å². The molecule has 0 amide bonds. The highest BCUT2D eigenvalue weighted by Crippen LogP contribution is 2.25. The van der Waals surface area contributed by atoms with Gasteiger partial charge in [-0.15, -0.1) is 6.42 Å². The van der Waals surface area contributed by atoms with Gasteiger partial charge in [-0.05, 0) is 48.9 Å². The van der Waals surface area contributed by atoms with E-state index in [1.165, 1.54) is 0 Å². The van der Waals surface area contributed by atoms with Gasteiger partial charge in [0.1, 0.15) is 6.10 Å². The minimum Gasteiger partial charge on any atom is -0.481 e. The molecule has 138 valence electrons. The molecule has 1 aliphatic heterocycles. The van der Waals surface area contributed by atoms with Crippen molar-refractivity contribution >= 4 is 18.3 Å². The van der Waals surface area contributed by atoms with E-state index >= 15 is 0 Å². The van der Waals surface area contributed by atoms with Crippen molar-refractivity contribution in [3.05, 3.63) is 0 Å². The van der Waals surface area contributed by atoms with E-state index in [0.29, 0.717) is 19.3 Å². The first-order valence-electron chi connectivity index (χ1n) is 7.88. The number of carboxylic acid groups (broad SMARTS) is 2. The van der Waals surface area contributed by atoms with E-state index in [1.807, 2.05) is 0 Å². The van der Waals surface area contributed by atoms with Crippen molar-refractivity contribution < 1.29 is 38.8 Å². The molecule has 1 saturated heterocycles. The van der Waals surface area contributed by atoms with Crippen molar-refractivity contribution in [2.45, 2.75) is 56.8 Å². The van der Waals surface area contributed by atoms with Gasteiger partial charge in [0.05, 0.1) is 0 Å². The molecule has 0 aromatic heterocycles. The normalized spacial score (nSPS) is 18.7. The number of carboxylic acids is 1. The molecule has 26 heavy (non-hydrogen) atoms. The standard InChI is InChI=1S/C18H18O8/c1-2-3-4-7-10-13(24-17(21)22)16-14(25-18(23)26-16)11-8-5-6-9-12-15(19)20/h1,13-14,16H,5-6,8-9,11-12H2,(H,19,20)(H,21,22). The van der Waals surface area contributed by atoms with Crippen LogP contribution in [-0.4, -0.2) is 46.8 Å². The minimum absolute atomic E-state index is 0.104. The second kappa shape index (κ2) is 11.3. The van der Waals surface area contributed by atoms with Gasteiger partial charge in [0.15, 0.2) is 6.10 Å². The Hall–Kier alpha value is -3.31. The minimum atomic E-state index is -1.58. The topological polar surface area (TPSA) is 119 Å². The zero-order valence-corrected chi connectivity index (χ0v) is 13.9. The van der Waals surface area contributed by atoms with Crippen molar-refractivity contribution in [2.24, 2.45) is 0 Å². The van der Waals surface area contributed by atoms with Gasteiger partial charge in [0.2, 0.25) is 6.10 Å². The molecule has 2 N–H and O–H groups in total. The lowest BCUT2D eigenvalue weighted by Crippen LogP contribution is -2.37. The molecule has 8 nitrogen and oxygen atoms in total. The van der Waals surface area contributed by atoms with Crippen LogP contribution in [0, 0.1) is 36.0 Å². The Morgan fingerprint density at radius 3 is 2.50 bits per heavy atom. The summed E-state index contributed by atoms with van der Waals surface area (Å²) in [7, 11) is 0. The molecule has 1 fully saturated rings. The summed E-state index contributed by atoms with van der Waals surface area (Å²) in [5.74, 6) is 10.6. The lowest BCUT2D eigenvalue weighted by atomic mass is 10.0. The molecular weight excluding hydrogens is 344 g/mol. The summed E-state index contributed by atoms with van der Waals surface area (Å²) in [4.78, 5) is 32.7. The van der Waals surface area contributed by atoms with Crippen LogP contribution in [0.3, 0.4) is 0 Å². The number of cyclic esters (lactones) is 2. The lowest BCUT2D eigenvalue weighted by molar-refractivity contribution is -0.137. The Balaban J connectivity index is 2.63. The second-order valence-corrected chi connectivity index (χ2v) is 5.30. The third kappa shape index (κ3) is 7.99. The highest BCUT2D eigenvalue weighted by Gasteiger charge is 2.43. The maximum atomic E-state index is 11.4. The number of terminal acetylenes is 1. The Kier molecular flexibility index (Phi) is 9.00. The molecule has 0 saturated carbocycles. The largest absolute Gasteiger partial charge is 0.509 e. The molecule has 8 heteroatoms. The van der Waals surface area contributed by atoms with Crippen molar-refractivity contribution in [1.82, 2.24) is 0 Å². The Bertz CT molecular complexity index is 682. The number of carbonyl (C=O) groups is 3. The Morgan fingerprint density at radius 2 is 1.85 bits per heavy atom. The quantitative estimate of drug-likeness (QED) is 0.363. The summed E-state index contributed by atoms with van der Waals surface area (Å²) >= 11 is 0. The molecule has 0 radical (unpaired) electrons. The highest BCUT2D eigenvalue weighted by atomic mass is 16.8. The van der Waals surface area contributed by atoms with Crippen LogP contribution in [0.25, 0.3) is 0 Å². The molecule has 1 rings (SSSR count). The lowest BCUT2D eigenvalue weighted by Gasteiger charge is -2.19. The maximum absolute atomic E-state index is 11.4. The smallest absolute Gasteiger partial charge is 0.481 e. The van der Waals surface area contributed by atoms with Crippen molar-refractivity contribution in [2.75, 3.05) is 0 Å². The molecule has 1 heterocycles. The van der Waals surface area contributed by atoms with Crippen LogP contribution in [0.1, 0.15) is 38.5 Å². The van der Waals surface area contributed by atoms with Crippen molar-refractivity contribution in [3.8, 4) is 36.0 Å². The number of unbranched alkanes of at least 4 members (excludes halogenated alkanes) is 3. The van der Waals surface area contributed by atoms with Gasteiger partial charge in [-0.2, -0.15) is 0 Å². The molecule has 0 bridgehead atoms. The third-order valence-electron chi connectivity index (χ3n) is 3.41. The first kappa shape index (κ1) is 20.7. The van der Waals surface area contributed by atoms with Crippen LogP contribution in [0.5, 0.6) is 0 Å². The highest BCUT2D eigenvalue weighted by molar-refractivity contribution is 5.66. The van der Waals surface area contributed by atoms with E-state index in [9.17, 15) is 14.4 Å². The number of rotatable bonds is 9. The van der Waals surface area contributed by atoms with E-state index in [1.54, 1.807) is 0 Å². The SMILES string of the molecule is C#CC#CC#CC(OC(=O)O)C1OC(=O)OC1CCCCCCC(=O)O. The maximum Gasteiger partial charge on any atom is 0.509 e. The van der Waals surface area contributed by atoms with E-state index in [-0.39, 0.29) is 6.42 Å². The molecule has 3 atom stereocenters. The molecule has 1 aliphatic rings. The zero-order valence-electron chi connectivity index (χ0n) is 13.9. The van der Waals surface area contributed by atoms with Crippen LogP contribution in [0.2, 0.25) is 0 Å². The second-order valence-electron chi connectivity index (χ2n) is 5.30. The van der Waals surface area contributed by atoms with Gasteiger partial charge in [-0.25, -0.2) is 9.59 Å².